The van der Waals surface area contributed by atoms with Crippen LogP contribution in [-0.4, -0.2) is 32.2 Å². The summed E-state index contributed by atoms with van der Waals surface area (Å²) in [5.74, 6) is 0.352. The maximum absolute atomic E-state index is 13.0. The van der Waals surface area contributed by atoms with Crippen molar-refractivity contribution >= 4 is 29.0 Å². The van der Waals surface area contributed by atoms with Gasteiger partial charge in [0.2, 0.25) is 0 Å². The van der Waals surface area contributed by atoms with E-state index in [2.05, 4.69) is 34.7 Å². The number of rotatable bonds is 7. The van der Waals surface area contributed by atoms with Crippen molar-refractivity contribution in [2.45, 2.75) is 32.7 Å². The van der Waals surface area contributed by atoms with E-state index < -0.39 is 0 Å². The number of aromatic nitrogens is 4. The Morgan fingerprint density at radius 2 is 1.96 bits per heavy atom. The van der Waals surface area contributed by atoms with Gasteiger partial charge in [0.15, 0.2) is 5.82 Å². The van der Waals surface area contributed by atoms with Crippen molar-refractivity contribution in [2.75, 3.05) is 0 Å². The topological polar surface area (TPSA) is 72.7 Å². The molecule has 26 heavy (non-hydrogen) atoms. The molecule has 0 aliphatic heterocycles. The average Bonchev–Trinajstić information content (AvgIpc) is 3.36. The Morgan fingerprint density at radius 3 is 2.62 bits per heavy atom. The Hall–Kier alpha value is -2.80. The first-order valence-electron chi connectivity index (χ1n) is 8.63. The highest BCUT2D eigenvalue weighted by atomic mass is 32.1. The normalized spacial score (nSPS) is 11.7. The average molecular weight is 367 g/mol. The summed E-state index contributed by atoms with van der Waals surface area (Å²) in [6.45, 7) is 4.12. The highest BCUT2D eigenvalue weighted by Gasteiger charge is 2.21. The van der Waals surface area contributed by atoms with E-state index in [1.165, 1.54) is 4.68 Å². The van der Waals surface area contributed by atoms with Gasteiger partial charge in [0.1, 0.15) is 5.70 Å². The zero-order valence-electron chi connectivity index (χ0n) is 14.8. The first-order chi connectivity index (χ1) is 12.7. The first-order valence-corrected chi connectivity index (χ1v) is 9.51. The molecule has 6 nitrogen and oxygen atoms in total. The van der Waals surface area contributed by atoms with Gasteiger partial charge in [-0.2, -0.15) is 4.68 Å². The van der Waals surface area contributed by atoms with Crippen LogP contribution in [0.15, 0.2) is 47.8 Å². The molecule has 0 bridgehead atoms. The van der Waals surface area contributed by atoms with Gasteiger partial charge < -0.3 is 5.32 Å². The predicted molar refractivity (Wildman–Crippen MR) is 104 cm³/mol. The van der Waals surface area contributed by atoms with Crippen molar-refractivity contribution in [3.8, 4) is 11.4 Å². The first kappa shape index (κ1) is 18.0. The van der Waals surface area contributed by atoms with E-state index in [9.17, 15) is 4.79 Å². The Morgan fingerprint density at radius 1 is 1.19 bits per heavy atom. The second kappa shape index (κ2) is 8.53. The van der Waals surface area contributed by atoms with Gasteiger partial charge >= 0.3 is 0 Å². The van der Waals surface area contributed by atoms with Crippen LogP contribution in [0.1, 0.15) is 31.6 Å². The lowest BCUT2D eigenvalue weighted by molar-refractivity contribution is -0.116. The van der Waals surface area contributed by atoms with Crippen LogP contribution in [0.2, 0.25) is 0 Å². The maximum Gasteiger partial charge on any atom is 0.270 e. The molecule has 0 unspecified atom stereocenters. The van der Waals surface area contributed by atoms with Crippen LogP contribution in [0.25, 0.3) is 23.2 Å². The SMILES string of the molecule is CCC(CC)NC(=O)/C(=C/c1cccs1)n1nnnc1-c1ccccc1. The summed E-state index contributed by atoms with van der Waals surface area (Å²) in [4.78, 5) is 14.0. The highest BCUT2D eigenvalue weighted by Crippen LogP contribution is 2.22. The fraction of sp³-hybridized carbons (Fsp3) is 0.263. The van der Waals surface area contributed by atoms with Crippen LogP contribution in [0, 0.1) is 0 Å². The largest absolute Gasteiger partial charge is 0.348 e. The highest BCUT2D eigenvalue weighted by molar-refractivity contribution is 7.10. The Kier molecular flexibility index (Phi) is 5.91. The Bertz CT molecular complexity index is 866. The van der Waals surface area contributed by atoms with Gasteiger partial charge in [-0.3, -0.25) is 4.79 Å². The fourth-order valence-corrected chi connectivity index (χ4v) is 3.25. The summed E-state index contributed by atoms with van der Waals surface area (Å²) >= 11 is 1.56. The summed E-state index contributed by atoms with van der Waals surface area (Å²) < 4.78 is 1.51. The molecule has 0 saturated carbocycles. The number of nitrogens with one attached hydrogen (secondary N) is 1. The molecule has 1 aromatic carbocycles. The van der Waals surface area contributed by atoms with Gasteiger partial charge in [-0.25, -0.2) is 0 Å². The van der Waals surface area contributed by atoms with Crippen molar-refractivity contribution < 1.29 is 4.79 Å². The molecule has 0 saturated heterocycles. The third-order valence-corrected chi connectivity index (χ3v) is 4.92. The number of thiophene rings is 1. The lowest BCUT2D eigenvalue weighted by Crippen LogP contribution is -2.35. The van der Waals surface area contributed by atoms with Gasteiger partial charge in [0, 0.05) is 16.5 Å². The summed E-state index contributed by atoms with van der Waals surface area (Å²) in [6.07, 6.45) is 3.57. The molecule has 0 spiro atoms. The van der Waals surface area contributed by atoms with E-state index in [1.807, 2.05) is 53.9 Å². The number of hydrogen-bond donors (Lipinski definition) is 1. The molecule has 3 rings (SSSR count). The van der Waals surface area contributed by atoms with Crippen LogP contribution in [0.4, 0.5) is 0 Å². The molecular formula is C19H21N5OS. The molecule has 0 fully saturated rings. The molecule has 7 heteroatoms. The molecule has 3 aromatic rings. The van der Waals surface area contributed by atoms with Gasteiger partial charge in [0.05, 0.1) is 0 Å². The van der Waals surface area contributed by atoms with Gasteiger partial charge in [-0.15, -0.1) is 16.4 Å². The standard InChI is InChI=1S/C19H21N5OS/c1-3-15(4-2)20-19(25)17(13-16-11-8-12-26-16)24-18(21-22-23-24)14-9-6-5-7-10-14/h5-13,15H,3-4H2,1-2H3,(H,20,25)/b17-13-. The Balaban J connectivity index is 2.03. The zero-order valence-corrected chi connectivity index (χ0v) is 15.6. The smallest absolute Gasteiger partial charge is 0.270 e. The summed E-state index contributed by atoms with van der Waals surface area (Å²) in [6, 6.07) is 13.6. The van der Waals surface area contributed by atoms with E-state index in [1.54, 1.807) is 11.3 Å². The second-order valence-corrected chi connectivity index (χ2v) is 6.79. The lowest BCUT2D eigenvalue weighted by atomic mass is 10.1. The molecule has 0 radical (unpaired) electrons. The van der Waals surface area contributed by atoms with Gasteiger partial charge in [-0.05, 0) is 40.8 Å². The molecule has 0 aliphatic carbocycles. The molecule has 0 aliphatic rings. The third-order valence-electron chi connectivity index (χ3n) is 4.11. The fourth-order valence-electron chi connectivity index (χ4n) is 2.60. The lowest BCUT2D eigenvalue weighted by Gasteiger charge is -2.16. The number of amides is 1. The number of tetrazole rings is 1. The molecule has 2 aromatic heterocycles. The van der Waals surface area contributed by atoms with Crippen molar-refractivity contribution in [1.29, 1.82) is 0 Å². The number of carbonyl (C=O) groups is 1. The van der Waals surface area contributed by atoms with Crippen molar-refractivity contribution in [3.05, 3.63) is 52.7 Å². The van der Waals surface area contributed by atoms with E-state index in [0.29, 0.717) is 11.5 Å². The molecule has 134 valence electrons. The second-order valence-electron chi connectivity index (χ2n) is 5.81. The quantitative estimate of drug-likeness (QED) is 0.646. The van der Waals surface area contributed by atoms with Crippen molar-refractivity contribution in [1.82, 2.24) is 25.5 Å². The number of benzene rings is 1. The molecule has 2 heterocycles. The van der Waals surface area contributed by atoms with Crippen LogP contribution in [0.3, 0.4) is 0 Å². The maximum atomic E-state index is 13.0. The molecule has 1 amide bonds. The number of nitrogens with zero attached hydrogens (tertiary/aromatic N) is 4. The van der Waals surface area contributed by atoms with E-state index >= 15 is 0 Å². The third kappa shape index (κ3) is 4.05. The Labute approximate surface area is 156 Å². The minimum Gasteiger partial charge on any atom is -0.348 e. The van der Waals surface area contributed by atoms with Crippen LogP contribution in [-0.2, 0) is 4.79 Å². The molecule has 1 N–H and O–H groups in total. The van der Waals surface area contributed by atoms with Gasteiger partial charge in [-0.1, -0.05) is 50.2 Å². The number of hydrogen-bond acceptors (Lipinski definition) is 5. The van der Waals surface area contributed by atoms with E-state index in [-0.39, 0.29) is 11.9 Å². The minimum absolute atomic E-state index is 0.117. The summed E-state index contributed by atoms with van der Waals surface area (Å²) in [5, 5.41) is 17.1. The predicted octanol–water partition coefficient (Wildman–Crippen LogP) is 3.70. The zero-order chi connectivity index (χ0) is 18.4. The van der Waals surface area contributed by atoms with Crippen LogP contribution >= 0.6 is 11.3 Å². The van der Waals surface area contributed by atoms with Crippen molar-refractivity contribution in [3.63, 3.8) is 0 Å². The monoisotopic (exact) mass is 367 g/mol. The van der Waals surface area contributed by atoms with Crippen molar-refractivity contribution in [2.24, 2.45) is 0 Å². The van der Waals surface area contributed by atoms with Crippen LogP contribution in [0.5, 0.6) is 0 Å². The summed E-state index contributed by atoms with van der Waals surface area (Å²) in [7, 11) is 0. The van der Waals surface area contributed by atoms with E-state index in [0.717, 1.165) is 23.3 Å². The molecule has 0 atom stereocenters. The number of carbonyl (C=O) groups excluding carboxylic acids is 1. The van der Waals surface area contributed by atoms with Gasteiger partial charge in [0.25, 0.3) is 5.91 Å². The van der Waals surface area contributed by atoms with Crippen LogP contribution < -0.4 is 5.32 Å². The summed E-state index contributed by atoms with van der Waals surface area (Å²) in [5.41, 5.74) is 1.26. The minimum atomic E-state index is -0.184. The molecular weight excluding hydrogens is 346 g/mol. The van der Waals surface area contributed by atoms with E-state index in [4.69, 9.17) is 0 Å².